The van der Waals surface area contributed by atoms with Gasteiger partial charge < -0.3 is 15.6 Å². The minimum absolute atomic E-state index is 0.0642. The van der Waals surface area contributed by atoms with Crippen molar-refractivity contribution in [3.8, 4) is 0 Å². The first-order valence-electron chi connectivity index (χ1n) is 8.30. The Morgan fingerprint density at radius 3 is 3.08 bits per heavy atom. The Balaban J connectivity index is 1.35. The summed E-state index contributed by atoms with van der Waals surface area (Å²) in [6.07, 6.45) is 3.34. The Hall–Kier alpha value is -2.51. The van der Waals surface area contributed by atoms with Gasteiger partial charge in [-0.15, -0.1) is 11.3 Å². The smallest absolute Gasteiger partial charge is 0.243 e. The van der Waals surface area contributed by atoms with Gasteiger partial charge in [0.2, 0.25) is 5.91 Å². The van der Waals surface area contributed by atoms with Gasteiger partial charge in [0, 0.05) is 30.5 Å². The van der Waals surface area contributed by atoms with Crippen LogP contribution in [0, 0.1) is 0 Å². The van der Waals surface area contributed by atoms with Crippen molar-refractivity contribution in [1.29, 1.82) is 0 Å². The van der Waals surface area contributed by atoms with Crippen LogP contribution < -0.4 is 10.6 Å². The van der Waals surface area contributed by atoms with E-state index in [2.05, 4.69) is 37.7 Å². The highest BCUT2D eigenvalue weighted by atomic mass is 32.1. The first-order valence-corrected chi connectivity index (χ1v) is 9.18. The third-order valence-corrected chi connectivity index (χ3v) is 5.15. The normalized spacial score (nSPS) is 16.4. The molecule has 0 saturated carbocycles. The molecule has 0 saturated heterocycles. The molecule has 0 fully saturated rings. The zero-order chi connectivity index (χ0) is 17.1. The first-order chi connectivity index (χ1) is 12.3. The summed E-state index contributed by atoms with van der Waals surface area (Å²) in [7, 11) is 0. The fourth-order valence-electron chi connectivity index (χ4n) is 3.00. The highest BCUT2D eigenvalue weighted by Gasteiger charge is 2.28. The minimum atomic E-state index is -0.391. The van der Waals surface area contributed by atoms with Crippen LogP contribution in [-0.2, 0) is 24.2 Å². The van der Waals surface area contributed by atoms with Gasteiger partial charge >= 0.3 is 0 Å². The summed E-state index contributed by atoms with van der Waals surface area (Å²) in [5.41, 5.74) is 3.97. The van der Waals surface area contributed by atoms with E-state index in [4.69, 9.17) is 0 Å². The predicted molar refractivity (Wildman–Crippen MR) is 96.2 cm³/mol. The molecule has 1 aliphatic rings. The number of H-pyrrole nitrogens is 1. The summed E-state index contributed by atoms with van der Waals surface area (Å²) in [6, 6.07) is 9.88. The maximum absolute atomic E-state index is 12.5. The topological polar surface area (TPSA) is 82.7 Å². The van der Waals surface area contributed by atoms with E-state index in [-0.39, 0.29) is 5.91 Å². The second kappa shape index (κ2) is 7.16. The molecule has 1 amide bonds. The monoisotopic (exact) mass is 353 g/mol. The van der Waals surface area contributed by atoms with Gasteiger partial charge in [-0.25, -0.2) is 9.97 Å². The number of carbonyl (C=O) groups is 1. The van der Waals surface area contributed by atoms with E-state index >= 15 is 0 Å². The summed E-state index contributed by atoms with van der Waals surface area (Å²) < 4.78 is 0. The molecule has 0 radical (unpaired) electrons. The van der Waals surface area contributed by atoms with E-state index in [1.807, 2.05) is 23.6 Å². The van der Waals surface area contributed by atoms with Gasteiger partial charge in [-0.2, -0.15) is 0 Å². The van der Waals surface area contributed by atoms with Crippen molar-refractivity contribution in [1.82, 2.24) is 25.6 Å². The van der Waals surface area contributed by atoms with Gasteiger partial charge in [0.15, 0.2) is 0 Å². The highest BCUT2D eigenvalue weighted by molar-refractivity contribution is 7.09. The Morgan fingerprint density at radius 1 is 1.32 bits per heavy atom. The predicted octanol–water partition coefficient (Wildman–Crippen LogP) is 1.96. The van der Waals surface area contributed by atoms with E-state index in [1.54, 1.807) is 17.7 Å². The van der Waals surface area contributed by atoms with Gasteiger partial charge in [-0.3, -0.25) is 4.79 Å². The number of amides is 1. The van der Waals surface area contributed by atoms with Crippen LogP contribution in [0.15, 0.2) is 42.0 Å². The number of imidazole rings is 1. The molecular weight excluding hydrogens is 334 g/mol. The standard InChI is InChI=1S/C18H19N5OS/c24-18(17-16-14(6-7-19-17)21-11-22-16)20-9-13-10-25-15(23-13)8-12-4-2-1-3-5-12/h1-5,10-11,17,19H,6-9H2,(H,20,24)(H,21,22)/t17-/m0/s1. The molecule has 0 bridgehead atoms. The molecule has 0 aliphatic carbocycles. The van der Waals surface area contributed by atoms with Gasteiger partial charge in [-0.05, 0) is 5.56 Å². The molecule has 1 atom stereocenters. The minimum Gasteiger partial charge on any atom is -0.349 e. The van der Waals surface area contributed by atoms with Crippen molar-refractivity contribution >= 4 is 17.2 Å². The first kappa shape index (κ1) is 16.0. The summed E-state index contributed by atoms with van der Waals surface area (Å²) in [5, 5.41) is 9.25. The Bertz CT molecular complexity index is 857. The molecule has 3 heterocycles. The molecule has 6 nitrogen and oxygen atoms in total. The second-order valence-electron chi connectivity index (χ2n) is 6.02. The lowest BCUT2D eigenvalue weighted by Gasteiger charge is -2.21. The highest BCUT2D eigenvalue weighted by Crippen LogP contribution is 2.19. The maximum Gasteiger partial charge on any atom is 0.243 e. The molecule has 7 heteroatoms. The van der Waals surface area contributed by atoms with E-state index < -0.39 is 6.04 Å². The fraction of sp³-hybridized carbons (Fsp3) is 0.278. The number of hydrogen-bond donors (Lipinski definition) is 3. The fourth-order valence-corrected chi connectivity index (χ4v) is 3.83. The van der Waals surface area contributed by atoms with Crippen LogP contribution >= 0.6 is 11.3 Å². The summed E-state index contributed by atoms with van der Waals surface area (Å²) >= 11 is 1.63. The molecule has 3 aromatic rings. The molecule has 4 rings (SSSR count). The number of carbonyl (C=O) groups excluding carboxylic acids is 1. The van der Waals surface area contributed by atoms with Crippen LogP contribution in [0.25, 0.3) is 0 Å². The molecule has 3 N–H and O–H groups in total. The molecule has 0 unspecified atom stereocenters. The number of aromatic nitrogens is 3. The zero-order valence-electron chi connectivity index (χ0n) is 13.7. The maximum atomic E-state index is 12.5. The van der Waals surface area contributed by atoms with Crippen molar-refractivity contribution in [2.45, 2.75) is 25.4 Å². The number of nitrogens with one attached hydrogen (secondary N) is 3. The van der Waals surface area contributed by atoms with Crippen LogP contribution in [0.4, 0.5) is 0 Å². The van der Waals surface area contributed by atoms with Crippen molar-refractivity contribution in [2.24, 2.45) is 0 Å². The van der Waals surface area contributed by atoms with E-state index in [9.17, 15) is 4.79 Å². The van der Waals surface area contributed by atoms with Crippen LogP contribution in [0.2, 0.25) is 0 Å². The lowest BCUT2D eigenvalue weighted by Crippen LogP contribution is -2.41. The number of benzene rings is 1. The third kappa shape index (κ3) is 3.62. The average Bonchev–Trinajstić information content (AvgIpc) is 3.29. The number of thiazole rings is 1. The van der Waals surface area contributed by atoms with Crippen LogP contribution in [0.3, 0.4) is 0 Å². The number of aromatic amines is 1. The largest absolute Gasteiger partial charge is 0.349 e. The van der Waals surface area contributed by atoms with Crippen LogP contribution in [-0.4, -0.2) is 27.4 Å². The van der Waals surface area contributed by atoms with Gasteiger partial charge in [-0.1, -0.05) is 30.3 Å². The second-order valence-corrected chi connectivity index (χ2v) is 6.96. The quantitative estimate of drug-likeness (QED) is 0.655. The van der Waals surface area contributed by atoms with Crippen molar-refractivity contribution in [3.63, 3.8) is 0 Å². The Labute approximate surface area is 149 Å². The molecule has 1 aliphatic heterocycles. The van der Waals surface area contributed by atoms with Crippen molar-refractivity contribution in [2.75, 3.05) is 6.54 Å². The SMILES string of the molecule is O=C(NCc1csc(Cc2ccccc2)n1)[C@H]1NCCc2[nH]cnc21. The summed E-state index contributed by atoms with van der Waals surface area (Å²) in [6.45, 7) is 1.20. The summed E-state index contributed by atoms with van der Waals surface area (Å²) in [4.78, 5) is 24.5. The molecule has 128 valence electrons. The lowest BCUT2D eigenvalue weighted by atomic mass is 10.1. The lowest BCUT2D eigenvalue weighted by molar-refractivity contribution is -0.123. The average molecular weight is 353 g/mol. The van der Waals surface area contributed by atoms with E-state index in [0.29, 0.717) is 6.54 Å². The molecule has 2 aromatic heterocycles. The summed E-state index contributed by atoms with van der Waals surface area (Å²) in [5.74, 6) is -0.0642. The molecular formula is C18H19N5OS. The molecule has 25 heavy (non-hydrogen) atoms. The Kier molecular flexibility index (Phi) is 4.58. The van der Waals surface area contributed by atoms with E-state index in [1.165, 1.54) is 5.56 Å². The van der Waals surface area contributed by atoms with Crippen LogP contribution in [0.5, 0.6) is 0 Å². The van der Waals surface area contributed by atoms with Gasteiger partial charge in [0.1, 0.15) is 6.04 Å². The zero-order valence-corrected chi connectivity index (χ0v) is 14.5. The van der Waals surface area contributed by atoms with Crippen LogP contribution in [0.1, 0.15) is 33.7 Å². The van der Waals surface area contributed by atoms with Crippen molar-refractivity contribution in [3.05, 3.63) is 69.7 Å². The third-order valence-electron chi connectivity index (χ3n) is 4.25. The van der Waals surface area contributed by atoms with Gasteiger partial charge in [0.25, 0.3) is 0 Å². The Morgan fingerprint density at radius 2 is 2.20 bits per heavy atom. The van der Waals surface area contributed by atoms with Crippen molar-refractivity contribution < 1.29 is 4.79 Å². The molecule has 0 spiro atoms. The van der Waals surface area contributed by atoms with Gasteiger partial charge in [0.05, 0.1) is 29.3 Å². The molecule has 1 aromatic carbocycles. The number of rotatable bonds is 5. The number of nitrogens with zero attached hydrogens (tertiary/aromatic N) is 2. The van der Waals surface area contributed by atoms with E-state index in [0.717, 1.165) is 41.5 Å². The number of hydrogen-bond acceptors (Lipinski definition) is 5. The number of fused-ring (bicyclic) bond motifs is 1.